The summed E-state index contributed by atoms with van der Waals surface area (Å²) >= 11 is 1.47. The second-order valence-electron chi connectivity index (χ2n) is 2.90. The predicted octanol–water partition coefficient (Wildman–Crippen LogP) is 1.39. The SMILES string of the molecule is COC(C)C(C)(O)c1cscn1. The van der Waals surface area contributed by atoms with Gasteiger partial charge in [-0.05, 0) is 13.8 Å². The third-order valence-electron chi connectivity index (χ3n) is 2.10. The molecular formula is C8H13NO2S. The van der Waals surface area contributed by atoms with Crippen LogP contribution < -0.4 is 0 Å². The van der Waals surface area contributed by atoms with Gasteiger partial charge in [0.1, 0.15) is 5.60 Å². The Morgan fingerprint density at radius 1 is 1.75 bits per heavy atom. The van der Waals surface area contributed by atoms with Crippen molar-refractivity contribution in [3.63, 3.8) is 0 Å². The van der Waals surface area contributed by atoms with Crippen LogP contribution in [-0.4, -0.2) is 23.3 Å². The summed E-state index contributed by atoms with van der Waals surface area (Å²) in [4.78, 5) is 4.05. The van der Waals surface area contributed by atoms with Crippen molar-refractivity contribution in [2.75, 3.05) is 7.11 Å². The molecule has 1 N–H and O–H groups in total. The first-order valence-corrected chi connectivity index (χ1v) is 4.67. The number of aliphatic hydroxyl groups is 1. The van der Waals surface area contributed by atoms with Gasteiger partial charge >= 0.3 is 0 Å². The Morgan fingerprint density at radius 3 is 2.83 bits per heavy atom. The van der Waals surface area contributed by atoms with E-state index in [0.29, 0.717) is 5.69 Å². The average Bonchev–Trinajstić information content (AvgIpc) is 2.55. The molecule has 0 amide bonds. The third kappa shape index (κ3) is 1.65. The number of aromatic nitrogens is 1. The van der Waals surface area contributed by atoms with Crippen LogP contribution in [0.2, 0.25) is 0 Å². The number of ether oxygens (including phenoxy) is 1. The van der Waals surface area contributed by atoms with E-state index in [1.165, 1.54) is 11.3 Å². The van der Waals surface area contributed by atoms with Gasteiger partial charge in [0.15, 0.2) is 0 Å². The van der Waals surface area contributed by atoms with Crippen LogP contribution in [0.25, 0.3) is 0 Å². The first-order chi connectivity index (χ1) is 5.59. The maximum atomic E-state index is 9.96. The minimum atomic E-state index is -0.991. The molecule has 0 bridgehead atoms. The Kier molecular flexibility index (Phi) is 2.82. The molecule has 0 fully saturated rings. The van der Waals surface area contributed by atoms with E-state index in [1.54, 1.807) is 19.5 Å². The van der Waals surface area contributed by atoms with E-state index in [1.807, 2.05) is 12.3 Å². The first kappa shape index (κ1) is 9.64. The van der Waals surface area contributed by atoms with E-state index >= 15 is 0 Å². The zero-order valence-electron chi connectivity index (χ0n) is 7.44. The molecule has 0 aliphatic heterocycles. The van der Waals surface area contributed by atoms with Crippen molar-refractivity contribution in [2.24, 2.45) is 0 Å². The highest BCUT2D eigenvalue weighted by molar-refractivity contribution is 7.07. The quantitative estimate of drug-likeness (QED) is 0.777. The second-order valence-corrected chi connectivity index (χ2v) is 3.62. The van der Waals surface area contributed by atoms with E-state index in [9.17, 15) is 5.11 Å². The molecule has 0 radical (unpaired) electrons. The monoisotopic (exact) mass is 187 g/mol. The fourth-order valence-corrected chi connectivity index (χ4v) is 1.56. The molecule has 12 heavy (non-hydrogen) atoms. The van der Waals surface area contributed by atoms with Gasteiger partial charge in [0.05, 0.1) is 17.3 Å². The van der Waals surface area contributed by atoms with E-state index in [2.05, 4.69) is 4.98 Å². The smallest absolute Gasteiger partial charge is 0.130 e. The highest BCUT2D eigenvalue weighted by Gasteiger charge is 2.32. The van der Waals surface area contributed by atoms with Gasteiger partial charge in [-0.2, -0.15) is 0 Å². The van der Waals surface area contributed by atoms with Crippen LogP contribution in [0.15, 0.2) is 10.9 Å². The summed E-state index contributed by atoms with van der Waals surface area (Å²) in [5, 5.41) is 11.8. The number of hydrogen-bond donors (Lipinski definition) is 1. The summed E-state index contributed by atoms with van der Waals surface area (Å²) in [6.45, 7) is 3.52. The Labute approximate surface area is 76.0 Å². The zero-order chi connectivity index (χ0) is 9.19. The van der Waals surface area contributed by atoms with Gasteiger partial charge in [0.25, 0.3) is 0 Å². The molecule has 2 unspecified atom stereocenters. The van der Waals surface area contributed by atoms with Crippen molar-refractivity contribution >= 4 is 11.3 Å². The summed E-state index contributed by atoms with van der Waals surface area (Å²) < 4.78 is 5.05. The van der Waals surface area contributed by atoms with Crippen LogP contribution >= 0.6 is 11.3 Å². The van der Waals surface area contributed by atoms with Gasteiger partial charge in [-0.15, -0.1) is 11.3 Å². The van der Waals surface area contributed by atoms with E-state index in [0.717, 1.165) is 0 Å². The molecular weight excluding hydrogens is 174 g/mol. The van der Waals surface area contributed by atoms with E-state index in [-0.39, 0.29) is 6.10 Å². The van der Waals surface area contributed by atoms with Crippen molar-refractivity contribution < 1.29 is 9.84 Å². The summed E-state index contributed by atoms with van der Waals surface area (Å²) in [6, 6.07) is 0. The molecule has 0 aliphatic rings. The summed E-state index contributed by atoms with van der Waals surface area (Å²) in [6.07, 6.45) is -0.250. The largest absolute Gasteiger partial charge is 0.381 e. The van der Waals surface area contributed by atoms with Crippen molar-refractivity contribution in [1.82, 2.24) is 4.98 Å². The van der Waals surface area contributed by atoms with E-state index in [4.69, 9.17) is 4.74 Å². The van der Waals surface area contributed by atoms with Gasteiger partial charge in [-0.25, -0.2) is 4.98 Å². The maximum absolute atomic E-state index is 9.96. The Bertz CT molecular complexity index is 233. The topological polar surface area (TPSA) is 42.4 Å². The highest BCUT2D eigenvalue weighted by Crippen LogP contribution is 2.25. The normalized spacial score (nSPS) is 18.7. The lowest BCUT2D eigenvalue weighted by atomic mass is 9.97. The van der Waals surface area contributed by atoms with Gasteiger partial charge in [-0.1, -0.05) is 0 Å². The predicted molar refractivity (Wildman–Crippen MR) is 48.2 cm³/mol. The number of hydrogen-bond acceptors (Lipinski definition) is 4. The van der Waals surface area contributed by atoms with Crippen molar-refractivity contribution in [1.29, 1.82) is 0 Å². The molecule has 0 spiro atoms. The van der Waals surface area contributed by atoms with Crippen LogP contribution in [0.3, 0.4) is 0 Å². The van der Waals surface area contributed by atoms with Crippen molar-refractivity contribution in [3.8, 4) is 0 Å². The average molecular weight is 187 g/mol. The molecule has 1 heterocycles. The van der Waals surface area contributed by atoms with Crippen LogP contribution in [0, 0.1) is 0 Å². The van der Waals surface area contributed by atoms with Crippen LogP contribution in [0.5, 0.6) is 0 Å². The lowest BCUT2D eigenvalue weighted by Crippen LogP contribution is -2.35. The van der Waals surface area contributed by atoms with Gasteiger partial charge in [0, 0.05) is 12.5 Å². The molecule has 1 aromatic rings. The van der Waals surface area contributed by atoms with Crippen LogP contribution in [0.4, 0.5) is 0 Å². The number of thiazole rings is 1. The molecule has 4 heteroatoms. The van der Waals surface area contributed by atoms with Gasteiger partial charge < -0.3 is 9.84 Å². The molecule has 0 saturated carbocycles. The first-order valence-electron chi connectivity index (χ1n) is 3.73. The Balaban J connectivity index is 2.85. The number of nitrogens with zero attached hydrogens (tertiary/aromatic N) is 1. The Morgan fingerprint density at radius 2 is 2.42 bits per heavy atom. The summed E-state index contributed by atoms with van der Waals surface area (Å²) in [5.41, 5.74) is 1.38. The highest BCUT2D eigenvalue weighted by atomic mass is 32.1. The van der Waals surface area contributed by atoms with Crippen molar-refractivity contribution in [3.05, 3.63) is 16.6 Å². The lowest BCUT2D eigenvalue weighted by Gasteiger charge is -2.27. The fourth-order valence-electron chi connectivity index (χ4n) is 0.900. The molecule has 1 aromatic heterocycles. The third-order valence-corrected chi connectivity index (χ3v) is 2.68. The minimum Gasteiger partial charge on any atom is -0.381 e. The minimum absolute atomic E-state index is 0.250. The maximum Gasteiger partial charge on any atom is 0.130 e. The molecule has 1 rings (SSSR count). The Hall–Kier alpha value is -0.450. The molecule has 0 saturated heterocycles. The molecule has 68 valence electrons. The summed E-state index contributed by atoms with van der Waals surface area (Å²) in [7, 11) is 1.57. The molecule has 0 aromatic carbocycles. The van der Waals surface area contributed by atoms with Crippen LogP contribution in [-0.2, 0) is 10.3 Å². The molecule has 2 atom stereocenters. The number of methoxy groups -OCH3 is 1. The lowest BCUT2D eigenvalue weighted by molar-refractivity contribution is -0.0794. The van der Waals surface area contributed by atoms with Gasteiger partial charge in [0.2, 0.25) is 0 Å². The summed E-state index contributed by atoms with van der Waals surface area (Å²) in [5.74, 6) is 0. The zero-order valence-corrected chi connectivity index (χ0v) is 8.26. The fraction of sp³-hybridized carbons (Fsp3) is 0.625. The van der Waals surface area contributed by atoms with Crippen molar-refractivity contribution in [2.45, 2.75) is 25.6 Å². The van der Waals surface area contributed by atoms with Gasteiger partial charge in [-0.3, -0.25) is 0 Å². The van der Waals surface area contributed by atoms with E-state index < -0.39 is 5.60 Å². The molecule has 3 nitrogen and oxygen atoms in total. The second kappa shape index (κ2) is 3.51. The standard InChI is InChI=1S/C8H13NO2S/c1-6(11-3)8(2,10)7-4-12-5-9-7/h4-6,10H,1-3H3. The number of rotatable bonds is 3. The van der Waals surface area contributed by atoms with Crippen LogP contribution in [0.1, 0.15) is 19.5 Å². The molecule has 0 aliphatic carbocycles.